The molecule has 3 rings (SSSR count). The third-order valence-corrected chi connectivity index (χ3v) is 4.86. The molecule has 0 aliphatic carbocycles. The lowest BCUT2D eigenvalue weighted by Crippen LogP contribution is -2.49. The smallest absolute Gasteiger partial charge is 0.173 e. The molecule has 0 radical (unpaired) electrons. The molecule has 0 bridgehead atoms. The molecule has 0 unspecified atom stereocenters. The van der Waals surface area contributed by atoms with Gasteiger partial charge in [-0.1, -0.05) is 47.5 Å². The molecule has 0 aromatic heterocycles. The molecule has 1 heterocycles. The van der Waals surface area contributed by atoms with Crippen LogP contribution in [-0.4, -0.2) is 41.1 Å². The fourth-order valence-electron chi connectivity index (χ4n) is 2.83. The lowest BCUT2D eigenvalue weighted by atomic mass is 10.1. The van der Waals surface area contributed by atoms with Gasteiger partial charge in [0.25, 0.3) is 0 Å². The van der Waals surface area contributed by atoms with Crippen LogP contribution in [0.15, 0.2) is 48.5 Å². The summed E-state index contributed by atoms with van der Waals surface area (Å²) in [5, 5.41) is 4.76. The molecular formula is C19H22ClN3S. The number of rotatable bonds is 3. The van der Waals surface area contributed by atoms with E-state index < -0.39 is 0 Å². The number of hydrogen-bond acceptors (Lipinski definition) is 2. The summed E-state index contributed by atoms with van der Waals surface area (Å²) in [7, 11) is 0. The summed E-state index contributed by atoms with van der Waals surface area (Å²) < 4.78 is 0. The Balaban J connectivity index is 1.49. The summed E-state index contributed by atoms with van der Waals surface area (Å²) in [6, 6.07) is 16.4. The van der Waals surface area contributed by atoms with Crippen LogP contribution < -0.4 is 5.32 Å². The molecule has 1 aliphatic heterocycles. The van der Waals surface area contributed by atoms with Gasteiger partial charge < -0.3 is 10.2 Å². The Bertz CT molecular complexity index is 694. The minimum Gasteiger partial charge on any atom is -0.346 e. The van der Waals surface area contributed by atoms with Gasteiger partial charge in [0.2, 0.25) is 0 Å². The number of thiocarbonyl (C=S) groups is 1. The standard InChI is InChI=1S/C19H22ClN3S/c1-15-5-7-16(8-6-15)14-22-9-11-23(12-10-22)19(24)21-18-4-2-3-17(20)13-18/h2-8,13H,9-12,14H2,1H3,(H,21,24). The van der Waals surface area contributed by atoms with Gasteiger partial charge in [-0.15, -0.1) is 0 Å². The van der Waals surface area contributed by atoms with Crippen LogP contribution in [0.2, 0.25) is 5.02 Å². The highest BCUT2D eigenvalue weighted by Crippen LogP contribution is 2.16. The first kappa shape index (κ1) is 17.2. The Morgan fingerprint density at radius 1 is 1.08 bits per heavy atom. The van der Waals surface area contributed by atoms with Gasteiger partial charge in [-0.3, -0.25) is 4.90 Å². The lowest BCUT2D eigenvalue weighted by Gasteiger charge is -2.36. The van der Waals surface area contributed by atoms with Crippen molar-refractivity contribution in [2.45, 2.75) is 13.5 Å². The molecule has 5 heteroatoms. The van der Waals surface area contributed by atoms with E-state index >= 15 is 0 Å². The normalized spacial score (nSPS) is 15.3. The maximum atomic E-state index is 6.02. The van der Waals surface area contributed by atoms with E-state index in [2.05, 4.69) is 46.3 Å². The number of halogens is 1. The van der Waals surface area contributed by atoms with Crippen LogP contribution in [0.3, 0.4) is 0 Å². The molecule has 2 aromatic carbocycles. The lowest BCUT2D eigenvalue weighted by molar-refractivity contribution is 0.177. The molecule has 2 aromatic rings. The van der Waals surface area contributed by atoms with E-state index in [4.69, 9.17) is 23.8 Å². The van der Waals surface area contributed by atoms with Gasteiger partial charge in [0.15, 0.2) is 5.11 Å². The molecule has 24 heavy (non-hydrogen) atoms. The maximum Gasteiger partial charge on any atom is 0.173 e. The first-order chi connectivity index (χ1) is 11.6. The van der Waals surface area contributed by atoms with Gasteiger partial charge in [-0.25, -0.2) is 0 Å². The summed E-state index contributed by atoms with van der Waals surface area (Å²) in [4.78, 5) is 4.70. The second-order valence-corrected chi connectivity index (χ2v) is 7.01. The highest BCUT2D eigenvalue weighted by Gasteiger charge is 2.19. The Kier molecular flexibility index (Phi) is 5.72. The zero-order valence-corrected chi connectivity index (χ0v) is 15.4. The van der Waals surface area contributed by atoms with Crippen molar-refractivity contribution in [3.05, 3.63) is 64.7 Å². The molecule has 126 valence electrons. The highest BCUT2D eigenvalue weighted by atomic mass is 35.5. The van der Waals surface area contributed by atoms with Crippen LogP contribution in [0.4, 0.5) is 5.69 Å². The van der Waals surface area contributed by atoms with E-state index in [1.807, 2.05) is 24.3 Å². The van der Waals surface area contributed by atoms with E-state index in [0.717, 1.165) is 43.5 Å². The third kappa shape index (κ3) is 4.69. The maximum absolute atomic E-state index is 6.02. The quantitative estimate of drug-likeness (QED) is 0.829. The number of nitrogens with zero attached hydrogens (tertiary/aromatic N) is 2. The van der Waals surface area contributed by atoms with Crippen molar-refractivity contribution in [2.75, 3.05) is 31.5 Å². The first-order valence-electron chi connectivity index (χ1n) is 8.19. The van der Waals surface area contributed by atoms with Crippen LogP contribution in [0.25, 0.3) is 0 Å². The van der Waals surface area contributed by atoms with E-state index in [0.29, 0.717) is 5.02 Å². The van der Waals surface area contributed by atoms with Crippen LogP contribution in [0.1, 0.15) is 11.1 Å². The summed E-state index contributed by atoms with van der Waals surface area (Å²) in [5.74, 6) is 0. The van der Waals surface area contributed by atoms with Crippen molar-refractivity contribution < 1.29 is 0 Å². The van der Waals surface area contributed by atoms with E-state index in [1.165, 1.54) is 11.1 Å². The first-order valence-corrected chi connectivity index (χ1v) is 8.98. The van der Waals surface area contributed by atoms with Crippen LogP contribution in [-0.2, 0) is 6.54 Å². The molecule has 1 N–H and O–H groups in total. The zero-order valence-electron chi connectivity index (χ0n) is 13.8. The number of hydrogen-bond donors (Lipinski definition) is 1. The van der Waals surface area contributed by atoms with Crippen molar-refractivity contribution in [1.82, 2.24) is 9.80 Å². The highest BCUT2D eigenvalue weighted by molar-refractivity contribution is 7.80. The molecule has 0 atom stereocenters. The SMILES string of the molecule is Cc1ccc(CN2CCN(C(=S)Nc3cccc(Cl)c3)CC2)cc1. The second-order valence-electron chi connectivity index (χ2n) is 6.19. The van der Waals surface area contributed by atoms with Crippen molar-refractivity contribution in [2.24, 2.45) is 0 Å². The predicted molar refractivity (Wildman–Crippen MR) is 106 cm³/mol. The molecule has 3 nitrogen and oxygen atoms in total. The minimum absolute atomic E-state index is 0.714. The number of aryl methyl sites for hydroxylation is 1. The number of benzene rings is 2. The Labute approximate surface area is 154 Å². The fourth-order valence-corrected chi connectivity index (χ4v) is 3.32. The average molecular weight is 360 g/mol. The summed E-state index contributed by atoms with van der Waals surface area (Å²) in [6.07, 6.45) is 0. The Morgan fingerprint density at radius 2 is 1.79 bits per heavy atom. The largest absolute Gasteiger partial charge is 0.346 e. The predicted octanol–water partition coefficient (Wildman–Crippen LogP) is 4.16. The van der Waals surface area contributed by atoms with Crippen molar-refractivity contribution in [1.29, 1.82) is 0 Å². The molecule has 1 aliphatic rings. The molecule has 0 spiro atoms. The molecule has 1 fully saturated rings. The van der Waals surface area contributed by atoms with Gasteiger partial charge >= 0.3 is 0 Å². The van der Waals surface area contributed by atoms with Crippen molar-refractivity contribution in [3.63, 3.8) is 0 Å². The van der Waals surface area contributed by atoms with Crippen LogP contribution in [0.5, 0.6) is 0 Å². The number of piperazine rings is 1. The van der Waals surface area contributed by atoms with Gasteiger partial charge in [0.05, 0.1) is 0 Å². The van der Waals surface area contributed by atoms with Gasteiger partial charge in [-0.05, 0) is 42.9 Å². The zero-order chi connectivity index (χ0) is 16.9. The third-order valence-electron chi connectivity index (χ3n) is 4.26. The average Bonchev–Trinajstić information content (AvgIpc) is 2.57. The van der Waals surface area contributed by atoms with Crippen molar-refractivity contribution in [3.8, 4) is 0 Å². The Morgan fingerprint density at radius 3 is 2.46 bits per heavy atom. The summed E-state index contributed by atoms with van der Waals surface area (Å²) in [6.45, 7) is 7.05. The molecule has 0 amide bonds. The second kappa shape index (κ2) is 7.97. The van der Waals surface area contributed by atoms with E-state index in [9.17, 15) is 0 Å². The minimum atomic E-state index is 0.714. The van der Waals surface area contributed by atoms with Gasteiger partial charge in [0, 0.05) is 43.4 Å². The van der Waals surface area contributed by atoms with E-state index in [1.54, 1.807) is 0 Å². The van der Waals surface area contributed by atoms with Gasteiger partial charge in [0.1, 0.15) is 0 Å². The van der Waals surface area contributed by atoms with Crippen LogP contribution >= 0.6 is 23.8 Å². The van der Waals surface area contributed by atoms with Gasteiger partial charge in [-0.2, -0.15) is 0 Å². The van der Waals surface area contributed by atoms with E-state index in [-0.39, 0.29) is 0 Å². The van der Waals surface area contributed by atoms with Crippen LogP contribution in [0, 0.1) is 6.92 Å². The summed E-state index contributed by atoms with van der Waals surface area (Å²) in [5.41, 5.74) is 3.62. The molecule has 0 saturated carbocycles. The Hall–Kier alpha value is -1.62. The molecular weight excluding hydrogens is 338 g/mol. The number of anilines is 1. The monoisotopic (exact) mass is 359 g/mol. The van der Waals surface area contributed by atoms with Crippen molar-refractivity contribution >= 4 is 34.6 Å². The fraction of sp³-hybridized carbons (Fsp3) is 0.316. The number of nitrogens with one attached hydrogen (secondary N) is 1. The summed E-state index contributed by atoms with van der Waals surface area (Å²) >= 11 is 11.6. The topological polar surface area (TPSA) is 18.5 Å². The molecule has 1 saturated heterocycles.